The zero-order valence-corrected chi connectivity index (χ0v) is 13.5. The summed E-state index contributed by atoms with van der Waals surface area (Å²) in [7, 11) is 0. The summed E-state index contributed by atoms with van der Waals surface area (Å²) in [5.74, 6) is -0.156. The van der Waals surface area contributed by atoms with Crippen LogP contribution in [0.4, 0.5) is 4.79 Å². The second-order valence-electron chi connectivity index (χ2n) is 6.19. The molecule has 1 amide bonds. The molecule has 0 aromatic heterocycles. The molecule has 4 rings (SSSR count). The van der Waals surface area contributed by atoms with Crippen molar-refractivity contribution in [2.75, 3.05) is 6.61 Å². The van der Waals surface area contributed by atoms with Gasteiger partial charge in [0.15, 0.2) is 0 Å². The van der Waals surface area contributed by atoms with Gasteiger partial charge in [-0.1, -0.05) is 55.1 Å². The number of carbonyl (C=O) groups excluding carboxylic acids is 2. The van der Waals surface area contributed by atoms with Crippen molar-refractivity contribution in [3.05, 3.63) is 72.0 Å². The first-order valence-electron chi connectivity index (χ1n) is 8.14. The van der Waals surface area contributed by atoms with Crippen LogP contribution < -0.4 is 5.32 Å². The lowest BCUT2D eigenvalue weighted by Gasteiger charge is -2.15. The summed E-state index contributed by atoms with van der Waals surface area (Å²) in [5, 5.41) is 2.53. The van der Waals surface area contributed by atoms with E-state index in [1.54, 1.807) is 0 Å². The fourth-order valence-corrected chi connectivity index (χ4v) is 3.46. The van der Waals surface area contributed by atoms with Gasteiger partial charge in [0.25, 0.3) is 0 Å². The second-order valence-corrected chi connectivity index (χ2v) is 6.19. The monoisotopic (exact) mass is 335 g/mol. The van der Waals surface area contributed by atoms with Gasteiger partial charge in [-0.15, -0.1) is 0 Å². The summed E-state index contributed by atoms with van der Waals surface area (Å²) in [5.41, 5.74) is 4.63. The Bertz CT molecular complexity index is 828. The normalized spacial score (nSPS) is 18.5. The van der Waals surface area contributed by atoms with Crippen LogP contribution in [0.3, 0.4) is 0 Å². The minimum absolute atomic E-state index is 0.0105. The molecule has 25 heavy (non-hydrogen) atoms. The van der Waals surface area contributed by atoms with Crippen LogP contribution in [0, 0.1) is 0 Å². The number of esters is 1. The molecule has 2 aromatic rings. The Labute approximate surface area is 145 Å². The number of fused-ring (bicyclic) bond motifs is 3. The van der Waals surface area contributed by atoms with Gasteiger partial charge in [0.05, 0.1) is 0 Å². The number of cyclic esters (lactones) is 1. The highest BCUT2D eigenvalue weighted by Crippen LogP contribution is 2.44. The maximum Gasteiger partial charge on any atom is 0.407 e. The summed E-state index contributed by atoms with van der Waals surface area (Å²) < 4.78 is 10.2. The highest BCUT2D eigenvalue weighted by molar-refractivity contribution is 5.84. The summed E-state index contributed by atoms with van der Waals surface area (Å²) >= 11 is 0. The van der Waals surface area contributed by atoms with E-state index in [4.69, 9.17) is 9.47 Å². The number of hydrogen-bond acceptors (Lipinski definition) is 4. The lowest BCUT2D eigenvalue weighted by atomic mass is 9.98. The molecule has 1 aliphatic carbocycles. The molecule has 0 radical (unpaired) electrons. The van der Waals surface area contributed by atoms with Crippen molar-refractivity contribution in [1.82, 2.24) is 5.32 Å². The Kier molecular flexibility index (Phi) is 3.76. The molecule has 126 valence electrons. The van der Waals surface area contributed by atoms with E-state index in [1.165, 1.54) is 11.1 Å². The molecule has 1 aliphatic heterocycles. The number of amides is 1. The number of carbonyl (C=O) groups is 2. The van der Waals surface area contributed by atoms with Gasteiger partial charge < -0.3 is 14.8 Å². The summed E-state index contributed by atoms with van der Waals surface area (Å²) in [4.78, 5) is 23.6. The van der Waals surface area contributed by atoms with Gasteiger partial charge in [0, 0.05) is 12.3 Å². The number of hydrogen-bond donors (Lipinski definition) is 1. The van der Waals surface area contributed by atoms with E-state index in [0.29, 0.717) is 5.76 Å². The molecule has 0 bridgehead atoms. The predicted molar refractivity (Wildman–Crippen MR) is 91.8 cm³/mol. The smallest absolute Gasteiger partial charge is 0.407 e. The van der Waals surface area contributed by atoms with Crippen molar-refractivity contribution >= 4 is 12.1 Å². The van der Waals surface area contributed by atoms with Crippen LogP contribution >= 0.6 is 0 Å². The van der Waals surface area contributed by atoms with Crippen LogP contribution in [0.1, 0.15) is 23.5 Å². The van der Waals surface area contributed by atoms with E-state index in [9.17, 15) is 9.59 Å². The first kappa shape index (κ1) is 15.4. The Morgan fingerprint density at radius 2 is 1.72 bits per heavy atom. The average molecular weight is 335 g/mol. The van der Waals surface area contributed by atoms with Crippen LogP contribution in [0.25, 0.3) is 11.1 Å². The number of nitrogens with one attached hydrogen (secondary N) is 1. The fraction of sp³-hybridized carbons (Fsp3) is 0.200. The van der Waals surface area contributed by atoms with Crippen molar-refractivity contribution in [2.24, 2.45) is 0 Å². The summed E-state index contributed by atoms with van der Waals surface area (Å²) in [6, 6.07) is 15.5. The van der Waals surface area contributed by atoms with Crippen LogP contribution in [0.2, 0.25) is 0 Å². The van der Waals surface area contributed by atoms with Crippen LogP contribution in [0.5, 0.6) is 0 Å². The van der Waals surface area contributed by atoms with Gasteiger partial charge in [-0.25, -0.2) is 9.59 Å². The first-order chi connectivity index (χ1) is 12.1. The molecule has 2 aromatic carbocycles. The number of rotatable bonds is 3. The van der Waals surface area contributed by atoms with E-state index in [0.717, 1.165) is 11.1 Å². The van der Waals surface area contributed by atoms with E-state index in [1.807, 2.05) is 24.3 Å². The third-order valence-electron chi connectivity index (χ3n) is 4.60. The molecular weight excluding hydrogens is 318 g/mol. The summed E-state index contributed by atoms with van der Waals surface area (Å²) in [6.45, 7) is 3.80. The average Bonchev–Trinajstić information content (AvgIpc) is 3.10. The topological polar surface area (TPSA) is 64.6 Å². The SMILES string of the molecule is C=C1C[C@H](NC(=O)OCC2c3ccccc3-c3ccccc32)C(=O)O1. The van der Waals surface area contributed by atoms with Gasteiger partial charge >= 0.3 is 12.1 Å². The van der Waals surface area contributed by atoms with E-state index in [2.05, 4.69) is 36.2 Å². The van der Waals surface area contributed by atoms with Crippen molar-refractivity contribution < 1.29 is 19.1 Å². The molecule has 1 heterocycles. The highest BCUT2D eigenvalue weighted by atomic mass is 16.6. The zero-order valence-electron chi connectivity index (χ0n) is 13.5. The minimum atomic E-state index is -0.719. The Hall–Kier alpha value is -3.08. The zero-order chi connectivity index (χ0) is 17.4. The molecule has 2 aliphatic rings. The predicted octanol–water partition coefficient (Wildman–Crippen LogP) is 3.35. The van der Waals surface area contributed by atoms with Gasteiger partial charge in [0.1, 0.15) is 18.4 Å². The van der Waals surface area contributed by atoms with Gasteiger partial charge in [0.2, 0.25) is 0 Å². The quantitative estimate of drug-likeness (QED) is 0.874. The number of benzene rings is 2. The van der Waals surface area contributed by atoms with Crippen molar-refractivity contribution in [3.8, 4) is 11.1 Å². The third-order valence-corrected chi connectivity index (χ3v) is 4.60. The largest absolute Gasteiger partial charge is 0.449 e. The maximum absolute atomic E-state index is 12.1. The first-order valence-corrected chi connectivity index (χ1v) is 8.14. The molecule has 1 N–H and O–H groups in total. The van der Waals surface area contributed by atoms with E-state index >= 15 is 0 Å². The van der Waals surface area contributed by atoms with Crippen LogP contribution in [0.15, 0.2) is 60.9 Å². The van der Waals surface area contributed by atoms with Gasteiger partial charge in [-0.3, -0.25) is 0 Å². The van der Waals surface area contributed by atoms with Crippen LogP contribution in [-0.2, 0) is 14.3 Å². The van der Waals surface area contributed by atoms with Crippen molar-refractivity contribution in [3.63, 3.8) is 0 Å². The van der Waals surface area contributed by atoms with Gasteiger partial charge in [-0.2, -0.15) is 0 Å². The molecule has 0 saturated carbocycles. The molecule has 5 nitrogen and oxygen atoms in total. The second kappa shape index (κ2) is 6.09. The maximum atomic E-state index is 12.1. The van der Waals surface area contributed by atoms with Gasteiger partial charge in [-0.05, 0) is 22.3 Å². The van der Waals surface area contributed by atoms with Crippen molar-refractivity contribution in [1.29, 1.82) is 0 Å². The Morgan fingerprint density at radius 1 is 1.12 bits per heavy atom. The van der Waals surface area contributed by atoms with Crippen LogP contribution in [-0.4, -0.2) is 24.7 Å². The van der Waals surface area contributed by atoms with Crippen molar-refractivity contribution in [2.45, 2.75) is 18.4 Å². The molecule has 5 heteroatoms. The molecule has 0 spiro atoms. The molecule has 0 unspecified atom stereocenters. The highest BCUT2D eigenvalue weighted by Gasteiger charge is 2.33. The lowest BCUT2D eigenvalue weighted by Crippen LogP contribution is -2.38. The Morgan fingerprint density at radius 3 is 2.28 bits per heavy atom. The minimum Gasteiger partial charge on any atom is -0.449 e. The molecular formula is C20H17NO4. The standard InChI is InChI=1S/C20H17NO4/c1-12-10-18(19(22)25-12)21-20(23)24-11-17-15-8-4-2-6-13(15)14-7-3-5-9-16(14)17/h2-9,17-18H,1,10-11H2,(H,21,23)/t18-/m0/s1. The lowest BCUT2D eigenvalue weighted by molar-refractivity contribution is -0.137. The molecule has 1 atom stereocenters. The van der Waals surface area contributed by atoms with E-state index < -0.39 is 18.1 Å². The Balaban J connectivity index is 1.47. The fourth-order valence-electron chi connectivity index (χ4n) is 3.46. The van der Waals surface area contributed by atoms with E-state index in [-0.39, 0.29) is 18.9 Å². The third kappa shape index (κ3) is 2.78. The summed E-state index contributed by atoms with van der Waals surface area (Å²) in [6.07, 6.45) is -0.346. The molecule has 1 saturated heterocycles. The number of alkyl carbamates (subject to hydrolysis) is 1. The number of ether oxygens (including phenoxy) is 2. The molecule has 1 fully saturated rings.